The number of hydrogen-bond acceptors (Lipinski definition) is 12. The number of anilines is 2. The van der Waals surface area contributed by atoms with Crippen LogP contribution in [0.25, 0.3) is 0 Å². The summed E-state index contributed by atoms with van der Waals surface area (Å²) in [4.78, 5) is 57.1. The van der Waals surface area contributed by atoms with Crippen molar-refractivity contribution in [2.45, 2.75) is 88.7 Å². The van der Waals surface area contributed by atoms with Crippen LogP contribution in [0.2, 0.25) is 5.02 Å². The highest BCUT2D eigenvalue weighted by molar-refractivity contribution is 6.35. The first kappa shape index (κ1) is 42.3. The number of halogens is 1. The molecule has 2 fully saturated rings. The van der Waals surface area contributed by atoms with Crippen molar-refractivity contribution in [1.29, 1.82) is 0 Å². The van der Waals surface area contributed by atoms with E-state index in [4.69, 9.17) is 45.8 Å². The number of likely N-dealkylation sites (N-methyl/N-ethyl adjacent to an activating group) is 1. The molecule has 0 spiro atoms. The molecule has 4 N–H and O–H groups in total. The number of epoxide rings is 1. The Bertz CT molecular complexity index is 1920. The van der Waals surface area contributed by atoms with Gasteiger partial charge in [0, 0.05) is 39.1 Å². The molecule has 0 unspecified atom stereocenters. The topological polar surface area (TPSA) is 192 Å². The highest BCUT2D eigenvalue weighted by Gasteiger charge is 2.64. The van der Waals surface area contributed by atoms with Crippen LogP contribution in [0.3, 0.4) is 0 Å². The minimum absolute atomic E-state index is 0.0720. The number of alkyl carbamates (subject to hydrolysis) is 1. The van der Waals surface area contributed by atoms with Crippen LogP contribution in [0.4, 0.5) is 16.2 Å². The lowest BCUT2D eigenvalue weighted by molar-refractivity contribution is -0.158. The molecule has 4 bridgehead atoms. The third kappa shape index (κ3) is 8.60. The number of ether oxygens (including phenoxy) is 6. The number of fused-ring (bicyclic) bond motifs is 5. The highest BCUT2D eigenvalue weighted by atomic mass is 35.5. The molecule has 3 heterocycles. The van der Waals surface area contributed by atoms with E-state index in [1.807, 2.05) is 13.0 Å². The largest absolute Gasteiger partial charge is 0.495 e. The van der Waals surface area contributed by atoms with E-state index in [-0.39, 0.29) is 29.1 Å². The van der Waals surface area contributed by atoms with Crippen LogP contribution in [0.5, 0.6) is 11.5 Å². The Morgan fingerprint density at radius 1 is 1.14 bits per heavy atom. The minimum atomic E-state index is -1.85. The molecule has 2 aromatic rings. The van der Waals surface area contributed by atoms with Crippen LogP contribution in [-0.4, -0.2) is 111 Å². The predicted octanol–water partition coefficient (Wildman–Crippen LogP) is 4.42. The van der Waals surface area contributed by atoms with Crippen LogP contribution in [0.15, 0.2) is 54.1 Å². The van der Waals surface area contributed by atoms with Gasteiger partial charge < -0.3 is 49.1 Å². The molecule has 2 saturated heterocycles. The van der Waals surface area contributed by atoms with Crippen molar-refractivity contribution in [3.8, 4) is 11.5 Å². The summed E-state index contributed by atoms with van der Waals surface area (Å²) in [5.41, 5.74) is 5.47. The molecule has 0 saturated carbocycles. The number of hydrogen-bond donors (Lipinski definition) is 3. The number of aliphatic hydroxyl groups is 1. The lowest BCUT2D eigenvalue weighted by Gasteiger charge is -2.42. The number of nitrogen functional groups attached to an aromatic ring is 1. The van der Waals surface area contributed by atoms with Gasteiger partial charge in [-0.3, -0.25) is 14.9 Å². The first-order chi connectivity index (χ1) is 26.4. The van der Waals surface area contributed by atoms with Gasteiger partial charge in [-0.15, -0.1) is 0 Å². The SMILES string of the molecule is COc1ccc(C(=O)N(C)[C@@H](C)C(=O)O[C@H]2CC(=O)N(C)c3cc(cc(OC)c3Cl)C/C(C)=C/C=C/[C@@H](OC)[C@@]3(O)C[C@H](OC(=O)N3)[C@@H](C)[C@@H]3O[C@@]23C)cc1N. The Labute approximate surface area is 331 Å². The maximum absolute atomic E-state index is 14.2. The number of carbonyl (C=O) groups excluding carboxylic acids is 4. The van der Waals surface area contributed by atoms with Crippen molar-refractivity contribution >= 4 is 46.9 Å². The fraction of sp³-hybridized carbons (Fsp3) is 0.500. The summed E-state index contributed by atoms with van der Waals surface area (Å²) in [6.07, 6.45) is 0.676. The van der Waals surface area contributed by atoms with Crippen molar-refractivity contribution in [2.24, 2.45) is 5.92 Å². The number of nitrogens with two attached hydrogens (primary N) is 1. The van der Waals surface area contributed by atoms with Crippen LogP contribution in [0, 0.1) is 5.92 Å². The van der Waals surface area contributed by atoms with E-state index in [0.717, 1.165) is 11.1 Å². The lowest BCUT2D eigenvalue weighted by atomic mass is 9.83. The smallest absolute Gasteiger partial charge is 0.409 e. The molecule has 0 aromatic heterocycles. The Morgan fingerprint density at radius 2 is 1.84 bits per heavy atom. The number of benzene rings is 2. The summed E-state index contributed by atoms with van der Waals surface area (Å²) in [5.74, 6) is -1.57. The molecule has 0 radical (unpaired) electrons. The lowest BCUT2D eigenvalue weighted by Crippen LogP contribution is -2.63. The van der Waals surface area contributed by atoms with E-state index in [0.29, 0.717) is 23.6 Å². The van der Waals surface area contributed by atoms with Crippen LogP contribution < -0.4 is 25.4 Å². The Hall–Kier alpha value is -4.83. The zero-order chi connectivity index (χ0) is 41.3. The molecule has 3 amide bonds. The second kappa shape index (κ2) is 16.7. The standard InChI is InChI=1S/C40H51ClN4O11/c1-21-11-10-12-31(53-9)40(50)20-30(54-38(49)43-40)22(2)35-39(4,56-35)32(19-33(46)45(6)27-16-24(15-21)17-29(52-8)34(27)41)55-37(48)23(3)44(5)36(47)25-13-14-28(51-7)26(42)18-25/h10-14,16-18,22-23,30-32,35,50H,15,19-20,42H2,1-9H3,(H,43,49)/b12-10+,21-11+/t22-,23+,30+,31-,32+,35+,39+,40+/m1/s1. The fourth-order valence-corrected chi connectivity index (χ4v) is 7.56. The van der Waals surface area contributed by atoms with E-state index in [1.165, 1.54) is 57.2 Å². The molecule has 304 valence electrons. The summed E-state index contributed by atoms with van der Waals surface area (Å²) >= 11 is 6.77. The molecule has 15 nitrogen and oxygen atoms in total. The second-order valence-corrected chi connectivity index (χ2v) is 15.1. The van der Waals surface area contributed by atoms with Crippen molar-refractivity contribution in [1.82, 2.24) is 10.2 Å². The molecule has 56 heavy (non-hydrogen) atoms. The fourth-order valence-electron chi connectivity index (χ4n) is 7.25. The number of esters is 1. The van der Waals surface area contributed by atoms with E-state index in [1.54, 1.807) is 51.2 Å². The van der Waals surface area contributed by atoms with Gasteiger partial charge in [-0.1, -0.05) is 42.3 Å². The molecule has 8 atom stereocenters. The van der Waals surface area contributed by atoms with Crippen LogP contribution >= 0.6 is 11.6 Å². The average molecular weight is 799 g/mol. The number of methoxy groups -OCH3 is 3. The van der Waals surface area contributed by atoms with Crippen molar-refractivity contribution in [3.05, 3.63) is 70.3 Å². The zero-order valence-electron chi connectivity index (χ0n) is 33.1. The number of allylic oxidation sites excluding steroid dienone is 3. The van der Waals surface area contributed by atoms with Gasteiger partial charge in [0.15, 0.2) is 5.72 Å². The van der Waals surface area contributed by atoms with Gasteiger partial charge in [-0.2, -0.15) is 0 Å². The molecule has 2 aromatic carbocycles. The van der Waals surface area contributed by atoms with Crippen LogP contribution in [0.1, 0.15) is 56.5 Å². The predicted molar refractivity (Wildman–Crippen MR) is 208 cm³/mol. The first-order valence-electron chi connectivity index (χ1n) is 18.2. The monoisotopic (exact) mass is 798 g/mol. The molecule has 0 aliphatic carbocycles. The number of nitrogens with zero attached hydrogens (tertiary/aromatic N) is 2. The molecule has 5 rings (SSSR count). The summed E-state index contributed by atoms with van der Waals surface area (Å²) in [6, 6.07) is 6.99. The van der Waals surface area contributed by atoms with Crippen molar-refractivity contribution in [3.63, 3.8) is 0 Å². The van der Waals surface area contributed by atoms with Crippen LogP contribution in [-0.2, 0) is 35.0 Å². The van der Waals surface area contributed by atoms with Gasteiger partial charge in [-0.05, 0) is 63.1 Å². The minimum Gasteiger partial charge on any atom is -0.495 e. The molecular weight excluding hydrogens is 748 g/mol. The molecular formula is C40H51ClN4O11. The molecule has 16 heteroatoms. The van der Waals surface area contributed by atoms with E-state index in [9.17, 15) is 24.3 Å². The quantitative estimate of drug-likeness (QED) is 0.203. The van der Waals surface area contributed by atoms with E-state index >= 15 is 0 Å². The maximum atomic E-state index is 14.2. The van der Waals surface area contributed by atoms with Crippen molar-refractivity contribution in [2.75, 3.05) is 46.1 Å². The summed E-state index contributed by atoms with van der Waals surface area (Å²) in [7, 11) is 7.37. The molecule has 3 aliphatic rings. The van der Waals surface area contributed by atoms with Gasteiger partial charge in [0.05, 0.1) is 38.1 Å². The maximum Gasteiger partial charge on any atom is 0.409 e. The van der Waals surface area contributed by atoms with Gasteiger partial charge in [0.25, 0.3) is 5.91 Å². The average Bonchev–Trinajstić information content (AvgIpc) is 3.86. The Morgan fingerprint density at radius 3 is 2.48 bits per heavy atom. The first-order valence-corrected chi connectivity index (χ1v) is 18.5. The van der Waals surface area contributed by atoms with E-state index in [2.05, 4.69) is 5.32 Å². The van der Waals surface area contributed by atoms with E-state index < -0.39 is 71.6 Å². The summed E-state index contributed by atoms with van der Waals surface area (Å²) in [6.45, 7) is 6.90. The van der Waals surface area contributed by atoms with Gasteiger partial charge >= 0.3 is 12.1 Å². The zero-order valence-corrected chi connectivity index (χ0v) is 33.8. The van der Waals surface area contributed by atoms with Crippen molar-refractivity contribution < 1.29 is 52.7 Å². The number of rotatable bonds is 7. The van der Waals surface area contributed by atoms with Gasteiger partial charge in [0.1, 0.15) is 46.5 Å². The number of carbonyl (C=O) groups is 4. The third-order valence-corrected chi connectivity index (χ3v) is 11.3. The van der Waals surface area contributed by atoms with Gasteiger partial charge in [0.2, 0.25) is 5.91 Å². The summed E-state index contributed by atoms with van der Waals surface area (Å²) in [5, 5.41) is 14.5. The Balaban J connectivity index is 1.51. The number of nitrogens with one attached hydrogen (secondary N) is 1. The normalized spacial score (nSPS) is 30.0. The Kier molecular flexibility index (Phi) is 12.6. The summed E-state index contributed by atoms with van der Waals surface area (Å²) < 4.78 is 34.5. The number of amides is 3. The molecule has 3 aliphatic heterocycles. The highest BCUT2D eigenvalue weighted by Crippen LogP contribution is 2.49. The third-order valence-electron chi connectivity index (χ3n) is 10.9. The second-order valence-electron chi connectivity index (χ2n) is 14.8. The van der Waals surface area contributed by atoms with Gasteiger partial charge in [-0.25, -0.2) is 9.59 Å².